The van der Waals surface area contributed by atoms with E-state index in [1.54, 1.807) is 11.6 Å². The number of nitrogens with two attached hydrogens (primary N) is 1. The number of benzene rings is 1. The Hall–Kier alpha value is -2.10. The number of thiazole rings is 1. The fourth-order valence-electron chi connectivity index (χ4n) is 2.12. The van der Waals surface area contributed by atoms with Gasteiger partial charge < -0.3 is 21.1 Å². The predicted octanol–water partition coefficient (Wildman–Crippen LogP) is 2.85. The van der Waals surface area contributed by atoms with Gasteiger partial charge in [-0.15, -0.1) is 11.3 Å². The van der Waals surface area contributed by atoms with Gasteiger partial charge >= 0.3 is 6.09 Å². The lowest BCUT2D eigenvalue weighted by Crippen LogP contribution is -2.49. The molecule has 0 bridgehead atoms. The molecular weight excluding hydrogens is 384 g/mol. The smallest absolute Gasteiger partial charge is 0.407 e. The molecule has 4 N–H and O–H groups in total. The number of carbonyl (C=O) groups is 2. The SMILES string of the molecule is CC(C)(SCCNC(=O)OCc1ccccc1)[C@H](N)C(=O)Nc1nccs1. The monoisotopic (exact) mass is 408 g/mol. The second kappa shape index (κ2) is 10.3. The molecular formula is C18H24N4O3S2. The molecule has 1 aromatic heterocycles. The summed E-state index contributed by atoms with van der Waals surface area (Å²) in [6.45, 7) is 4.45. The minimum absolute atomic E-state index is 0.229. The van der Waals surface area contributed by atoms with E-state index in [2.05, 4.69) is 15.6 Å². The zero-order valence-electron chi connectivity index (χ0n) is 15.3. The van der Waals surface area contributed by atoms with Crippen LogP contribution in [-0.2, 0) is 16.1 Å². The van der Waals surface area contributed by atoms with Crippen molar-refractivity contribution in [3.63, 3.8) is 0 Å². The van der Waals surface area contributed by atoms with Crippen molar-refractivity contribution in [3.05, 3.63) is 47.5 Å². The average molecular weight is 409 g/mol. The Morgan fingerprint density at radius 1 is 1.33 bits per heavy atom. The second-order valence-corrected chi connectivity index (χ2v) is 8.89. The van der Waals surface area contributed by atoms with Gasteiger partial charge in [0.25, 0.3) is 0 Å². The van der Waals surface area contributed by atoms with Crippen molar-refractivity contribution in [1.29, 1.82) is 0 Å². The molecule has 2 amide bonds. The predicted molar refractivity (Wildman–Crippen MR) is 110 cm³/mol. The molecule has 146 valence electrons. The molecule has 0 radical (unpaired) electrons. The molecule has 0 aliphatic heterocycles. The Morgan fingerprint density at radius 2 is 2.07 bits per heavy atom. The quantitative estimate of drug-likeness (QED) is 0.551. The maximum absolute atomic E-state index is 12.2. The van der Waals surface area contributed by atoms with Gasteiger partial charge in [-0.3, -0.25) is 4.79 Å². The lowest BCUT2D eigenvalue weighted by molar-refractivity contribution is -0.117. The maximum Gasteiger partial charge on any atom is 0.407 e. The molecule has 1 aromatic carbocycles. The topological polar surface area (TPSA) is 106 Å². The van der Waals surface area contributed by atoms with Crippen LogP contribution >= 0.6 is 23.1 Å². The third-order valence-corrected chi connectivity index (χ3v) is 5.85. The highest BCUT2D eigenvalue weighted by molar-refractivity contribution is 8.00. The lowest BCUT2D eigenvalue weighted by atomic mass is 10.0. The van der Waals surface area contributed by atoms with Gasteiger partial charge in [0.15, 0.2) is 5.13 Å². The number of nitrogens with one attached hydrogen (secondary N) is 2. The first kappa shape index (κ1) is 21.2. The van der Waals surface area contributed by atoms with E-state index in [0.29, 0.717) is 17.4 Å². The first-order valence-electron chi connectivity index (χ1n) is 8.43. The van der Waals surface area contributed by atoms with Gasteiger partial charge in [-0.1, -0.05) is 30.3 Å². The molecule has 0 fully saturated rings. The Balaban J connectivity index is 1.66. The summed E-state index contributed by atoms with van der Waals surface area (Å²) in [5.41, 5.74) is 7.03. The molecule has 0 saturated carbocycles. The summed E-state index contributed by atoms with van der Waals surface area (Å²) >= 11 is 2.85. The summed E-state index contributed by atoms with van der Waals surface area (Å²) in [5.74, 6) is 0.323. The number of hydrogen-bond donors (Lipinski definition) is 3. The van der Waals surface area contributed by atoms with Crippen molar-refractivity contribution < 1.29 is 14.3 Å². The zero-order chi connectivity index (χ0) is 19.7. The number of thioether (sulfide) groups is 1. The van der Waals surface area contributed by atoms with Crippen LogP contribution < -0.4 is 16.4 Å². The largest absolute Gasteiger partial charge is 0.445 e. The van der Waals surface area contributed by atoms with Gasteiger partial charge in [0.1, 0.15) is 6.61 Å². The Bertz CT molecular complexity index is 723. The van der Waals surface area contributed by atoms with E-state index in [-0.39, 0.29) is 12.5 Å². The summed E-state index contributed by atoms with van der Waals surface area (Å²) in [5, 5.41) is 7.72. The first-order valence-corrected chi connectivity index (χ1v) is 10.3. The molecule has 2 aromatic rings. The summed E-state index contributed by atoms with van der Waals surface area (Å²) in [7, 11) is 0. The van der Waals surface area contributed by atoms with Gasteiger partial charge in [-0.2, -0.15) is 11.8 Å². The summed E-state index contributed by atoms with van der Waals surface area (Å²) in [6, 6.07) is 8.77. The number of hydrogen-bond acceptors (Lipinski definition) is 7. The summed E-state index contributed by atoms with van der Waals surface area (Å²) < 4.78 is 4.65. The molecule has 7 nitrogen and oxygen atoms in total. The number of rotatable bonds is 9. The zero-order valence-corrected chi connectivity index (χ0v) is 16.9. The van der Waals surface area contributed by atoms with E-state index >= 15 is 0 Å². The van der Waals surface area contributed by atoms with Crippen molar-refractivity contribution in [1.82, 2.24) is 10.3 Å². The highest BCUT2D eigenvalue weighted by Crippen LogP contribution is 2.27. The molecule has 0 aliphatic carbocycles. The highest BCUT2D eigenvalue weighted by Gasteiger charge is 2.32. The number of nitrogens with zero attached hydrogens (tertiary/aromatic N) is 1. The molecule has 0 aliphatic rings. The van der Waals surface area contributed by atoms with E-state index in [1.165, 1.54) is 23.1 Å². The van der Waals surface area contributed by atoms with Crippen LogP contribution in [0.5, 0.6) is 0 Å². The molecule has 27 heavy (non-hydrogen) atoms. The Kier molecular flexibility index (Phi) is 8.08. The first-order chi connectivity index (χ1) is 12.9. The van der Waals surface area contributed by atoms with Crippen LogP contribution in [0.3, 0.4) is 0 Å². The fraction of sp³-hybridized carbons (Fsp3) is 0.389. The van der Waals surface area contributed by atoms with Gasteiger partial charge in [-0.25, -0.2) is 9.78 Å². The third-order valence-electron chi connectivity index (χ3n) is 3.75. The number of alkyl carbamates (subject to hydrolysis) is 1. The molecule has 0 saturated heterocycles. The normalized spacial score (nSPS) is 12.3. The van der Waals surface area contributed by atoms with Crippen molar-refractivity contribution >= 4 is 40.2 Å². The summed E-state index contributed by atoms with van der Waals surface area (Å²) in [4.78, 5) is 28.0. The summed E-state index contributed by atoms with van der Waals surface area (Å²) in [6.07, 6.45) is 1.15. The molecule has 0 unspecified atom stereocenters. The number of carbonyl (C=O) groups excluding carboxylic acids is 2. The second-order valence-electron chi connectivity index (χ2n) is 6.24. The van der Waals surface area contributed by atoms with Crippen molar-refractivity contribution in [3.8, 4) is 0 Å². The van der Waals surface area contributed by atoms with Gasteiger partial charge in [0.2, 0.25) is 5.91 Å². The van der Waals surface area contributed by atoms with E-state index in [9.17, 15) is 9.59 Å². The maximum atomic E-state index is 12.2. The highest BCUT2D eigenvalue weighted by atomic mass is 32.2. The van der Waals surface area contributed by atoms with Crippen LogP contribution in [0.2, 0.25) is 0 Å². The number of aromatic nitrogens is 1. The van der Waals surface area contributed by atoms with E-state index in [1.807, 2.05) is 44.2 Å². The standard InChI is InChI=1S/C18H24N4O3S2/c1-18(2,14(19)15(23)22-16-20-8-10-26-16)27-11-9-21-17(24)25-12-13-6-4-3-5-7-13/h3-8,10,14H,9,11-12,19H2,1-2H3,(H,21,24)(H,20,22,23)/t14-/m1/s1. The van der Waals surface area contributed by atoms with Gasteiger partial charge in [0, 0.05) is 28.6 Å². The van der Waals surface area contributed by atoms with E-state index in [4.69, 9.17) is 10.5 Å². The molecule has 1 heterocycles. The minimum atomic E-state index is -0.712. The number of ether oxygens (including phenoxy) is 1. The molecule has 0 spiro atoms. The van der Waals surface area contributed by atoms with Gasteiger partial charge in [-0.05, 0) is 19.4 Å². The van der Waals surface area contributed by atoms with Crippen molar-refractivity contribution in [2.75, 3.05) is 17.6 Å². The minimum Gasteiger partial charge on any atom is -0.445 e. The van der Waals surface area contributed by atoms with Crippen LogP contribution in [0.25, 0.3) is 0 Å². The van der Waals surface area contributed by atoms with Crippen LogP contribution in [0.15, 0.2) is 41.9 Å². The van der Waals surface area contributed by atoms with Crippen LogP contribution in [0, 0.1) is 0 Å². The van der Waals surface area contributed by atoms with Crippen molar-refractivity contribution in [2.45, 2.75) is 31.2 Å². The van der Waals surface area contributed by atoms with E-state index < -0.39 is 16.9 Å². The fourth-order valence-corrected chi connectivity index (χ4v) is 3.66. The number of anilines is 1. The average Bonchev–Trinajstić information content (AvgIpc) is 3.16. The molecule has 9 heteroatoms. The lowest BCUT2D eigenvalue weighted by Gasteiger charge is -2.29. The number of amides is 2. The van der Waals surface area contributed by atoms with Crippen LogP contribution in [-0.4, -0.2) is 40.1 Å². The molecule has 1 atom stereocenters. The van der Waals surface area contributed by atoms with Crippen LogP contribution in [0.1, 0.15) is 19.4 Å². The van der Waals surface area contributed by atoms with Gasteiger partial charge in [0.05, 0.1) is 6.04 Å². The van der Waals surface area contributed by atoms with Crippen molar-refractivity contribution in [2.24, 2.45) is 5.73 Å². The Labute approximate surface area is 167 Å². The van der Waals surface area contributed by atoms with Crippen LogP contribution in [0.4, 0.5) is 9.93 Å². The third kappa shape index (κ3) is 7.20. The van der Waals surface area contributed by atoms with E-state index in [0.717, 1.165) is 5.56 Å². The molecule has 2 rings (SSSR count). The Morgan fingerprint density at radius 3 is 2.74 bits per heavy atom.